The smallest absolute Gasteiger partial charge is 0.123 e. The van der Waals surface area contributed by atoms with E-state index in [1.807, 2.05) is 6.92 Å². The van der Waals surface area contributed by atoms with Gasteiger partial charge in [-0.3, -0.25) is 5.43 Å². The van der Waals surface area contributed by atoms with Gasteiger partial charge in [-0.1, -0.05) is 20.8 Å². The summed E-state index contributed by atoms with van der Waals surface area (Å²) in [6, 6.07) is 6.14. The lowest BCUT2D eigenvalue weighted by molar-refractivity contribution is 0.587. The van der Waals surface area contributed by atoms with Crippen LogP contribution in [0.4, 0.5) is 10.1 Å². The zero-order chi connectivity index (χ0) is 11.5. The Balaban J connectivity index is 2.68. The van der Waals surface area contributed by atoms with Crippen molar-refractivity contribution in [1.29, 1.82) is 0 Å². The van der Waals surface area contributed by atoms with Gasteiger partial charge in [0.25, 0.3) is 0 Å². The molecule has 0 unspecified atom stereocenters. The monoisotopic (exact) mass is 208 g/mol. The second kappa shape index (κ2) is 4.43. The molecule has 15 heavy (non-hydrogen) atoms. The Morgan fingerprint density at radius 3 is 2.20 bits per heavy atom. The molecule has 1 aromatic rings. The molecule has 0 heterocycles. The van der Waals surface area contributed by atoms with Crippen LogP contribution in [0.5, 0.6) is 0 Å². The maximum absolute atomic E-state index is 12.6. The molecule has 1 aromatic carbocycles. The van der Waals surface area contributed by atoms with E-state index in [4.69, 9.17) is 0 Å². The maximum Gasteiger partial charge on any atom is 0.123 e. The van der Waals surface area contributed by atoms with Gasteiger partial charge in [-0.2, -0.15) is 5.10 Å². The molecule has 0 spiro atoms. The summed E-state index contributed by atoms with van der Waals surface area (Å²) >= 11 is 0. The summed E-state index contributed by atoms with van der Waals surface area (Å²) < 4.78 is 12.6. The molecule has 0 bridgehead atoms. The van der Waals surface area contributed by atoms with Crippen LogP contribution in [0.15, 0.2) is 29.4 Å². The van der Waals surface area contributed by atoms with Gasteiger partial charge in [0.05, 0.1) is 5.69 Å². The van der Waals surface area contributed by atoms with Crippen molar-refractivity contribution in [2.45, 2.75) is 27.7 Å². The van der Waals surface area contributed by atoms with Gasteiger partial charge in [-0.05, 0) is 31.2 Å². The Hall–Kier alpha value is -1.38. The van der Waals surface area contributed by atoms with Crippen molar-refractivity contribution < 1.29 is 4.39 Å². The van der Waals surface area contributed by atoms with Gasteiger partial charge < -0.3 is 0 Å². The SMILES string of the molecule is C/C(=N\Nc1ccc(F)cc1)C(C)(C)C. The summed E-state index contributed by atoms with van der Waals surface area (Å²) in [4.78, 5) is 0. The van der Waals surface area contributed by atoms with E-state index in [-0.39, 0.29) is 11.2 Å². The second-order valence-corrected chi connectivity index (χ2v) is 4.57. The molecule has 0 aromatic heterocycles. The molecular weight excluding hydrogens is 191 g/mol. The molecule has 3 heteroatoms. The topological polar surface area (TPSA) is 24.4 Å². The van der Waals surface area contributed by atoms with Crippen LogP contribution in [0.2, 0.25) is 0 Å². The fraction of sp³-hybridized carbons (Fsp3) is 0.417. The minimum atomic E-state index is -0.239. The fourth-order valence-corrected chi connectivity index (χ4v) is 0.841. The summed E-state index contributed by atoms with van der Waals surface area (Å²) in [6.07, 6.45) is 0. The van der Waals surface area contributed by atoms with Crippen LogP contribution in [-0.2, 0) is 0 Å². The van der Waals surface area contributed by atoms with Gasteiger partial charge >= 0.3 is 0 Å². The first-order valence-corrected chi connectivity index (χ1v) is 4.96. The summed E-state index contributed by atoms with van der Waals surface area (Å²) in [7, 11) is 0. The lowest BCUT2D eigenvalue weighted by Crippen LogP contribution is -2.18. The highest BCUT2D eigenvalue weighted by molar-refractivity contribution is 5.87. The van der Waals surface area contributed by atoms with Crippen LogP contribution in [0.25, 0.3) is 0 Å². The largest absolute Gasteiger partial charge is 0.279 e. The maximum atomic E-state index is 12.6. The fourth-order valence-electron chi connectivity index (χ4n) is 0.841. The molecule has 0 saturated heterocycles. The number of benzene rings is 1. The summed E-state index contributed by atoms with van der Waals surface area (Å²) in [5, 5.41) is 4.24. The summed E-state index contributed by atoms with van der Waals surface area (Å²) in [5.41, 5.74) is 4.75. The van der Waals surface area contributed by atoms with E-state index in [9.17, 15) is 4.39 Å². The van der Waals surface area contributed by atoms with Crippen LogP contribution in [-0.4, -0.2) is 5.71 Å². The summed E-state index contributed by atoms with van der Waals surface area (Å²) in [6.45, 7) is 8.26. The van der Waals surface area contributed by atoms with E-state index >= 15 is 0 Å². The number of hydrogen-bond acceptors (Lipinski definition) is 2. The molecule has 0 atom stereocenters. The highest BCUT2D eigenvalue weighted by Gasteiger charge is 2.13. The molecule has 1 N–H and O–H groups in total. The number of anilines is 1. The Morgan fingerprint density at radius 1 is 1.20 bits per heavy atom. The minimum Gasteiger partial charge on any atom is -0.279 e. The van der Waals surface area contributed by atoms with Crippen molar-refractivity contribution in [1.82, 2.24) is 0 Å². The van der Waals surface area contributed by atoms with Crippen molar-refractivity contribution in [2.75, 3.05) is 5.43 Å². The molecular formula is C12H17FN2. The van der Waals surface area contributed by atoms with Crippen LogP contribution in [0.3, 0.4) is 0 Å². The number of hydrazone groups is 1. The van der Waals surface area contributed by atoms with E-state index in [0.717, 1.165) is 11.4 Å². The van der Waals surface area contributed by atoms with Crippen LogP contribution < -0.4 is 5.43 Å². The molecule has 0 aliphatic rings. The van der Waals surface area contributed by atoms with Crippen molar-refractivity contribution >= 4 is 11.4 Å². The lowest BCUT2D eigenvalue weighted by atomic mass is 9.91. The van der Waals surface area contributed by atoms with Gasteiger partial charge in [0.15, 0.2) is 0 Å². The van der Waals surface area contributed by atoms with E-state index in [1.165, 1.54) is 12.1 Å². The average Bonchev–Trinajstić information content (AvgIpc) is 2.15. The second-order valence-electron chi connectivity index (χ2n) is 4.57. The van der Waals surface area contributed by atoms with Crippen LogP contribution in [0.1, 0.15) is 27.7 Å². The summed E-state index contributed by atoms with van der Waals surface area (Å²) in [5.74, 6) is -0.239. The number of nitrogens with one attached hydrogen (secondary N) is 1. The molecule has 0 aliphatic heterocycles. The molecule has 82 valence electrons. The number of nitrogens with zero attached hydrogens (tertiary/aromatic N) is 1. The highest BCUT2D eigenvalue weighted by atomic mass is 19.1. The average molecular weight is 208 g/mol. The van der Waals surface area contributed by atoms with E-state index in [0.29, 0.717) is 0 Å². The van der Waals surface area contributed by atoms with Crippen molar-refractivity contribution in [3.8, 4) is 0 Å². The van der Waals surface area contributed by atoms with Crippen LogP contribution in [0, 0.1) is 11.2 Å². The quantitative estimate of drug-likeness (QED) is 0.582. The van der Waals surface area contributed by atoms with Crippen LogP contribution >= 0.6 is 0 Å². The molecule has 0 fully saturated rings. The third kappa shape index (κ3) is 3.70. The minimum absolute atomic E-state index is 0.0486. The highest BCUT2D eigenvalue weighted by Crippen LogP contribution is 2.16. The third-order valence-corrected chi connectivity index (χ3v) is 2.28. The third-order valence-electron chi connectivity index (χ3n) is 2.28. The Morgan fingerprint density at radius 2 is 1.73 bits per heavy atom. The Labute approximate surface area is 90.2 Å². The van der Waals surface area contributed by atoms with Gasteiger partial charge in [0.1, 0.15) is 5.82 Å². The number of hydrogen-bond donors (Lipinski definition) is 1. The molecule has 0 aliphatic carbocycles. The predicted octanol–water partition coefficient (Wildman–Crippen LogP) is 3.66. The first-order valence-electron chi connectivity index (χ1n) is 4.96. The first-order chi connectivity index (χ1) is 6.89. The van der Waals surface area contributed by atoms with Crippen molar-refractivity contribution in [3.63, 3.8) is 0 Å². The van der Waals surface area contributed by atoms with E-state index in [2.05, 4.69) is 31.3 Å². The van der Waals surface area contributed by atoms with Gasteiger partial charge in [-0.25, -0.2) is 4.39 Å². The van der Waals surface area contributed by atoms with Crippen molar-refractivity contribution in [3.05, 3.63) is 30.1 Å². The normalized spacial score (nSPS) is 12.7. The predicted molar refractivity (Wildman–Crippen MR) is 62.6 cm³/mol. The molecule has 2 nitrogen and oxygen atoms in total. The standard InChI is InChI=1S/C12H17FN2/c1-9(12(2,3)4)14-15-11-7-5-10(13)6-8-11/h5-8,15H,1-4H3/b14-9+. The van der Waals surface area contributed by atoms with E-state index < -0.39 is 0 Å². The van der Waals surface area contributed by atoms with Crippen molar-refractivity contribution in [2.24, 2.45) is 10.5 Å². The van der Waals surface area contributed by atoms with Gasteiger partial charge in [0.2, 0.25) is 0 Å². The molecule has 1 rings (SSSR count). The lowest BCUT2D eigenvalue weighted by Gasteiger charge is -2.17. The molecule has 0 radical (unpaired) electrons. The zero-order valence-electron chi connectivity index (χ0n) is 9.63. The molecule has 0 amide bonds. The van der Waals surface area contributed by atoms with E-state index in [1.54, 1.807) is 12.1 Å². The Bertz CT molecular complexity index is 347. The number of halogens is 1. The van der Waals surface area contributed by atoms with Gasteiger partial charge in [0, 0.05) is 11.1 Å². The number of rotatable bonds is 2. The first kappa shape index (κ1) is 11.7. The Kier molecular flexibility index (Phi) is 3.45. The van der Waals surface area contributed by atoms with Gasteiger partial charge in [-0.15, -0.1) is 0 Å². The molecule has 0 saturated carbocycles. The zero-order valence-corrected chi connectivity index (χ0v) is 9.63.